The van der Waals surface area contributed by atoms with Crippen LogP contribution in [0.1, 0.15) is 32.1 Å². The zero-order valence-corrected chi connectivity index (χ0v) is 10.9. The van der Waals surface area contributed by atoms with Gasteiger partial charge in [0, 0.05) is 10.9 Å². The van der Waals surface area contributed by atoms with E-state index in [0.717, 1.165) is 29.7 Å². The lowest BCUT2D eigenvalue weighted by Crippen LogP contribution is -2.27. The van der Waals surface area contributed by atoms with E-state index in [9.17, 15) is 4.39 Å². The molecule has 94 valence electrons. The van der Waals surface area contributed by atoms with E-state index in [1.165, 1.54) is 31.7 Å². The van der Waals surface area contributed by atoms with Crippen LogP contribution in [0.2, 0.25) is 0 Å². The van der Waals surface area contributed by atoms with Crippen LogP contribution in [0.4, 0.5) is 4.39 Å². The van der Waals surface area contributed by atoms with E-state index in [-0.39, 0.29) is 5.82 Å². The van der Waals surface area contributed by atoms with Crippen molar-refractivity contribution in [2.45, 2.75) is 43.0 Å². The van der Waals surface area contributed by atoms with Gasteiger partial charge in [-0.1, -0.05) is 25.0 Å². The van der Waals surface area contributed by atoms with Gasteiger partial charge < -0.3 is 5.32 Å². The van der Waals surface area contributed by atoms with Crippen LogP contribution in [-0.2, 0) is 0 Å². The van der Waals surface area contributed by atoms with Gasteiger partial charge in [0.1, 0.15) is 5.82 Å². The molecule has 17 heavy (non-hydrogen) atoms. The van der Waals surface area contributed by atoms with Gasteiger partial charge in [-0.25, -0.2) is 4.39 Å². The maximum absolute atomic E-state index is 13.3. The van der Waals surface area contributed by atoms with Gasteiger partial charge >= 0.3 is 0 Å². The van der Waals surface area contributed by atoms with Crippen LogP contribution in [0.15, 0.2) is 29.2 Å². The standard InChI is InChI=1S/C14H20FNS/c15-13-8-3-4-9-14(13)17-11-5-10-16-12-6-1-2-7-12/h3-4,8-9,12,16H,1-2,5-7,10-11H2. The third kappa shape index (κ3) is 4.32. The smallest absolute Gasteiger partial charge is 0.136 e. The highest BCUT2D eigenvalue weighted by molar-refractivity contribution is 7.99. The summed E-state index contributed by atoms with van der Waals surface area (Å²) in [5.41, 5.74) is 0. The van der Waals surface area contributed by atoms with Crippen molar-refractivity contribution in [3.05, 3.63) is 30.1 Å². The molecule has 3 heteroatoms. The van der Waals surface area contributed by atoms with Crippen molar-refractivity contribution in [2.75, 3.05) is 12.3 Å². The van der Waals surface area contributed by atoms with Crippen LogP contribution in [0, 0.1) is 5.82 Å². The highest BCUT2D eigenvalue weighted by atomic mass is 32.2. The summed E-state index contributed by atoms with van der Waals surface area (Å²) in [6.45, 7) is 1.06. The van der Waals surface area contributed by atoms with Crippen LogP contribution in [0.25, 0.3) is 0 Å². The number of nitrogens with one attached hydrogen (secondary N) is 1. The average molecular weight is 253 g/mol. The molecule has 1 aliphatic rings. The topological polar surface area (TPSA) is 12.0 Å². The van der Waals surface area contributed by atoms with Crippen LogP contribution >= 0.6 is 11.8 Å². The second-order valence-corrected chi connectivity index (χ2v) is 5.70. The monoisotopic (exact) mass is 253 g/mol. The highest BCUT2D eigenvalue weighted by Gasteiger charge is 2.13. The van der Waals surface area contributed by atoms with Crippen LogP contribution in [-0.4, -0.2) is 18.3 Å². The van der Waals surface area contributed by atoms with E-state index in [4.69, 9.17) is 0 Å². The van der Waals surface area contributed by atoms with Gasteiger partial charge in [0.15, 0.2) is 0 Å². The number of rotatable bonds is 6. The molecule has 0 radical (unpaired) electrons. The molecular weight excluding hydrogens is 233 g/mol. The van der Waals surface area contributed by atoms with Crippen molar-refractivity contribution >= 4 is 11.8 Å². The quantitative estimate of drug-likeness (QED) is 0.610. The van der Waals surface area contributed by atoms with E-state index >= 15 is 0 Å². The van der Waals surface area contributed by atoms with Crippen molar-refractivity contribution in [1.29, 1.82) is 0 Å². The number of thioether (sulfide) groups is 1. The first kappa shape index (κ1) is 12.9. The Morgan fingerprint density at radius 3 is 2.76 bits per heavy atom. The molecule has 1 aromatic carbocycles. The van der Waals surface area contributed by atoms with Crippen molar-refractivity contribution < 1.29 is 4.39 Å². The average Bonchev–Trinajstić information content (AvgIpc) is 2.84. The largest absolute Gasteiger partial charge is 0.314 e. The maximum Gasteiger partial charge on any atom is 0.136 e. The van der Waals surface area contributed by atoms with E-state index in [1.807, 2.05) is 12.1 Å². The fraction of sp³-hybridized carbons (Fsp3) is 0.571. The van der Waals surface area contributed by atoms with Crippen molar-refractivity contribution in [3.8, 4) is 0 Å². The Morgan fingerprint density at radius 2 is 2.00 bits per heavy atom. The van der Waals surface area contributed by atoms with E-state index in [2.05, 4.69) is 5.32 Å². The van der Waals surface area contributed by atoms with Gasteiger partial charge in [-0.05, 0) is 43.7 Å². The second kappa shape index (κ2) is 7.02. The Morgan fingerprint density at radius 1 is 1.24 bits per heavy atom. The Bertz CT molecular complexity index is 337. The lowest BCUT2D eigenvalue weighted by molar-refractivity contribution is 0.524. The van der Waals surface area contributed by atoms with Gasteiger partial charge in [0.25, 0.3) is 0 Å². The summed E-state index contributed by atoms with van der Waals surface area (Å²) >= 11 is 1.61. The maximum atomic E-state index is 13.3. The molecule has 0 bridgehead atoms. The minimum atomic E-state index is -0.0961. The Hall–Kier alpha value is -0.540. The summed E-state index contributed by atoms with van der Waals surface area (Å²) < 4.78 is 13.3. The Kier molecular flexibility index (Phi) is 5.33. The molecule has 1 saturated carbocycles. The highest BCUT2D eigenvalue weighted by Crippen LogP contribution is 2.22. The molecular formula is C14H20FNS. The number of hydrogen-bond donors (Lipinski definition) is 1. The van der Waals surface area contributed by atoms with Crippen molar-refractivity contribution in [2.24, 2.45) is 0 Å². The molecule has 2 rings (SSSR count). The Labute approximate surface area is 107 Å². The lowest BCUT2D eigenvalue weighted by atomic mass is 10.2. The van der Waals surface area contributed by atoms with Gasteiger partial charge in [-0.15, -0.1) is 11.8 Å². The third-order valence-corrected chi connectivity index (χ3v) is 4.34. The van der Waals surface area contributed by atoms with E-state index in [0.29, 0.717) is 0 Å². The molecule has 1 aliphatic carbocycles. The van der Waals surface area contributed by atoms with Gasteiger partial charge in [0.05, 0.1) is 0 Å². The van der Waals surface area contributed by atoms with Crippen molar-refractivity contribution in [3.63, 3.8) is 0 Å². The number of benzene rings is 1. The first-order valence-electron chi connectivity index (χ1n) is 6.47. The van der Waals surface area contributed by atoms with Crippen LogP contribution < -0.4 is 5.32 Å². The predicted molar refractivity (Wildman–Crippen MR) is 72.0 cm³/mol. The lowest BCUT2D eigenvalue weighted by Gasteiger charge is -2.11. The molecule has 0 aliphatic heterocycles. The van der Waals surface area contributed by atoms with Gasteiger partial charge in [0.2, 0.25) is 0 Å². The summed E-state index contributed by atoms with van der Waals surface area (Å²) in [6, 6.07) is 7.75. The molecule has 0 saturated heterocycles. The van der Waals surface area contributed by atoms with E-state index < -0.39 is 0 Å². The number of halogens is 1. The first-order valence-corrected chi connectivity index (χ1v) is 7.45. The molecule has 0 spiro atoms. The van der Waals surface area contributed by atoms with E-state index in [1.54, 1.807) is 17.8 Å². The summed E-state index contributed by atoms with van der Waals surface area (Å²) in [7, 11) is 0. The Balaban J connectivity index is 1.58. The van der Waals surface area contributed by atoms with Crippen LogP contribution in [0.3, 0.4) is 0 Å². The molecule has 1 fully saturated rings. The molecule has 0 aromatic heterocycles. The normalized spacial score (nSPS) is 16.5. The van der Waals surface area contributed by atoms with Crippen molar-refractivity contribution in [1.82, 2.24) is 5.32 Å². The fourth-order valence-electron chi connectivity index (χ4n) is 2.25. The summed E-state index contributed by atoms with van der Waals surface area (Å²) in [6.07, 6.45) is 6.53. The number of hydrogen-bond acceptors (Lipinski definition) is 2. The summed E-state index contributed by atoms with van der Waals surface area (Å²) in [4.78, 5) is 0.772. The molecule has 1 N–H and O–H groups in total. The SMILES string of the molecule is Fc1ccccc1SCCCNC1CCCC1. The predicted octanol–water partition coefficient (Wildman–Crippen LogP) is 3.84. The molecule has 0 heterocycles. The molecule has 0 amide bonds. The third-order valence-electron chi connectivity index (χ3n) is 3.20. The molecule has 0 unspecified atom stereocenters. The zero-order chi connectivity index (χ0) is 11.9. The molecule has 1 aromatic rings. The minimum Gasteiger partial charge on any atom is -0.314 e. The molecule has 1 nitrogen and oxygen atoms in total. The zero-order valence-electron chi connectivity index (χ0n) is 10.1. The summed E-state index contributed by atoms with van der Waals surface area (Å²) in [5.74, 6) is 0.891. The van der Waals surface area contributed by atoms with Crippen LogP contribution in [0.5, 0.6) is 0 Å². The van der Waals surface area contributed by atoms with Gasteiger partial charge in [-0.3, -0.25) is 0 Å². The minimum absolute atomic E-state index is 0.0961. The fourth-order valence-corrected chi connectivity index (χ4v) is 3.14. The second-order valence-electron chi connectivity index (χ2n) is 4.57. The van der Waals surface area contributed by atoms with Gasteiger partial charge in [-0.2, -0.15) is 0 Å². The first-order chi connectivity index (χ1) is 8.36. The summed E-state index contributed by atoms with van der Waals surface area (Å²) in [5, 5.41) is 3.58. The molecule has 0 atom stereocenters.